The largest absolute Gasteiger partial charge is 0.378 e. The van der Waals surface area contributed by atoms with Gasteiger partial charge in [-0.3, -0.25) is 0 Å². The molecule has 0 aliphatic heterocycles. The summed E-state index contributed by atoms with van der Waals surface area (Å²) in [7, 11) is 4.02. The monoisotopic (exact) mass is 479 g/mol. The highest BCUT2D eigenvalue weighted by atomic mass is 79.9. The molecule has 0 bridgehead atoms. The standard InChI is InChI=1S/C23H19BrClN5/c1-30(2)17-10-7-15(8-11-17)14-26-29-23-27-21-12-9-16(24)13-19(21)22(28-23)18-5-3-4-6-20(18)25/h3-14H,1-2H3,(H,27,28,29). The topological polar surface area (TPSA) is 53.4 Å². The van der Waals surface area contributed by atoms with Gasteiger partial charge in [0.05, 0.1) is 17.4 Å². The predicted molar refractivity (Wildman–Crippen MR) is 130 cm³/mol. The molecule has 1 N–H and O–H groups in total. The van der Waals surface area contributed by atoms with Gasteiger partial charge in [-0.15, -0.1) is 0 Å². The molecule has 0 saturated carbocycles. The fourth-order valence-corrected chi connectivity index (χ4v) is 3.62. The first-order chi connectivity index (χ1) is 14.5. The van der Waals surface area contributed by atoms with Crippen LogP contribution in [0.4, 0.5) is 11.6 Å². The van der Waals surface area contributed by atoms with Gasteiger partial charge in [-0.25, -0.2) is 15.4 Å². The van der Waals surface area contributed by atoms with Crippen molar-refractivity contribution >= 4 is 56.3 Å². The average Bonchev–Trinajstić information content (AvgIpc) is 2.74. The highest BCUT2D eigenvalue weighted by Crippen LogP contribution is 2.33. The number of hydrazone groups is 1. The summed E-state index contributed by atoms with van der Waals surface area (Å²) < 4.78 is 0.951. The summed E-state index contributed by atoms with van der Waals surface area (Å²) in [5.41, 5.74) is 7.45. The maximum absolute atomic E-state index is 6.45. The molecule has 3 aromatic carbocycles. The number of hydrogen-bond acceptors (Lipinski definition) is 5. The summed E-state index contributed by atoms with van der Waals surface area (Å²) >= 11 is 9.97. The molecular formula is C23H19BrClN5. The second-order valence-corrected chi connectivity index (χ2v) is 8.22. The smallest absolute Gasteiger partial charge is 0.244 e. The molecule has 0 aliphatic rings. The molecule has 0 fully saturated rings. The number of hydrogen-bond donors (Lipinski definition) is 1. The lowest BCUT2D eigenvalue weighted by molar-refractivity contribution is 1.13. The minimum Gasteiger partial charge on any atom is -0.378 e. The van der Waals surface area contributed by atoms with E-state index in [0.29, 0.717) is 11.0 Å². The van der Waals surface area contributed by atoms with Crippen molar-refractivity contribution in [1.29, 1.82) is 0 Å². The van der Waals surface area contributed by atoms with Crippen molar-refractivity contribution < 1.29 is 0 Å². The summed E-state index contributed by atoms with van der Waals surface area (Å²) in [5, 5.41) is 5.85. The van der Waals surface area contributed by atoms with E-state index in [4.69, 9.17) is 16.6 Å². The first-order valence-electron chi connectivity index (χ1n) is 9.30. The number of nitrogens with zero attached hydrogens (tertiary/aromatic N) is 4. The summed E-state index contributed by atoms with van der Waals surface area (Å²) in [4.78, 5) is 11.3. The van der Waals surface area contributed by atoms with E-state index in [1.165, 1.54) is 0 Å². The molecule has 1 heterocycles. The third kappa shape index (κ3) is 4.45. The zero-order chi connectivity index (χ0) is 21.1. The SMILES string of the molecule is CN(C)c1ccc(C=NNc2nc(-c3ccccc3Cl)c3cc(Br)ccc3n2)cc1. The van der Waals surface area contributed by atoms with Gasteiger partial charge >= 0.3 is 0 Å². The van der Waals surface area contributed by atoms with Crippen molar-refractivity contribution in [2.45, 2.75) is 0 Å². The van der Waals surface area contributed by atoms with E-state index in [-0.39, 0.29) is 0 Å². The van der Waals surface area contributed by atoms with Gasteiger partial charge in [-0.1, -0.05) is 57.9 Å². The van der Waals surface area contributed by atoms with E-state index >= 15 is 0 Å². The Morgan fingerprint density at radius 2 is 1.77 bits per heavy atom. The van der Waals surface area contributed by atoms with Gasteiger partial charge in [0.2, 0.25) is 5.95 Å². The van der Waals surface area contributed by atoms with Crippen molar-refractivity contribution in [3.63, 3.8) is 0 Å². The predicted octanol–water partition coefficient (Wildman–Crippen LogP) is 6.22. The molecule has 7 heteroatoms. The first-order valence-corrected chi connectivity index (χ1v) is 10.5. The van der Waals surface area contributed by atoms with Gasteiger partial charge in [-0.2, -0.15) is 5.10 Å². The zero-order valence-corrected chi connectivity index (χ0v) is 18.8. The Labute approximate surface area is 188 Å². The summed E-state index contributed by atoms with van der Waals surface area (Å²) in [6.07, 6.45) is 1.74. The molecule has 1 aromatic heterocycles. The fourth-order valence-electron chi connectivity index (χ4n) is 3.03. The molecule has 150 valence electrons. The van der Waals surface area contributed by atoms with Crippen LogP contribution in [0.2, 0.25) is 5.02 Å². The van der Waals surface area contributed by atoms with Crippen molar-refractivity contribution in [3.8, 4) is 11.3 Å². The third-order valence-electron chi connectivity index (χ3n) is 4.57. The van der Waals surface area contributed by atoms with Crippen LogP contribution in [0, 0.1) is 0 Å². The van der Waals surface area contributed by atoms with E-state index < -0.39 is 0 Å². The quantitative estimate of drug-likeness (QED) is 0.272. The highest BCUT2D eigenvalue weighted by Gasteiger charge is 2.12. The van der Waals surface area contributed by atoms with Gasteiger partial charge in [0.1, 0.15) is 0 Å². The molecule has 4 rings (SSSR count). The van der Waals surface area contributed by atoms with Crippen LogP contribution in [0.3, 0.4) is 0 Å². The van der Waals surface area contributed by atoms with Crippen molar-refractivity contribution in [2.24, 2.45) is 5.10 Å². The van der Waals surface area contributed by atoms with Crippen LogP contribution in [0.25, 0.3) is 22.2 Å². The lowest BCUT2D eigenvalue weighted by Crippen LogP contribution is -2.08. The third-order valence-corrected chi connectivity index (χ3v) is 5.40. The van der Waals surface area contributed by atoms with Crippen molar-refractivity contribution in [2.75, 3.05) is 24.4 Å². The minimum atomic E-state index is 0.404. The Morgan fingerprint density at radius 1 is 1.00 bits per heavy atom. The van der Waals surface area contributed by atoms with Gasteiger partial charge in [-0.05, 0) is 42.0 Å². The molecule has 0 unspecified atom stereocenters. The molecule has 0 aliphatic carbocycles. The number of halogens is 2. The highest BCUT2D eigenvalue weighted by molar-refractivity contribution is 9.10. The summed E-state index contributed by atoms with van der Waals surface area (Å²) in [6, 6.07) is 21.6. The average molecular weight is 481 g/mol. The number of benzene rings is 3. The molecule has 5 nitrogen and oxygen atoms in total. The Bertz CT molecular complexity index is 1220. The van der Waals surface area contributed by atoms with Crippen LogP contribution in [0.5, 0.6) is 0 Å². The van der Waals surface area contributed by atoms with Crippen LogP contribution < -0.4 is 10.3 Å². The molecule has 0 saturated heterocycles. The normalized spacial score (nSPS) is 11.2. The number of anilines is 2. The lowest BCUT2D eigenvalue weighted by Gasteiger charge is -2.11. The van der Waals surface area contributed by atoms with E-state index in [1.807, 2.05) is 80.8 Å². The number of rotatable bonds is 5. The molecule has 4 aromatic rings. The maximum Gasteiger partial charge on any atom is 0.244 e. The van der Waals surface area contributed by atoms with E-state index in [0.717, 1.165) is 37.9 Å². The number of aromatic nitrogens is 2. The minimum absolute atomic E-state index is 0.404. The van der Waals surface area contributed by atoms with E-state index in [2.05, 4.69) is 36.3 Å². The molecule has 0 amide bonds. The maximum atomic E-state index is 6.45. The lowest BCUT2D eigenvalue weighted by atomic mass is 10.1. The van der Waals surface area contributed by atoms with Crippen molar-refractivity contribution in [3.05, 3.63) is 81.8 Å². The summed E-state index contributed by atoms with van der Waals surface area (Å²) in [5.74, 6) is 0.404. The second kappa shape index (κ2) is 8.81. The van der Waals surface area contributed by atoms with E-state index in [1.54, 1.807) is 6.21 Å². The molecule has 0 radical (unpaired) electrons. The molecule has 0 atom stereocenters. The van der Waals surface area contributed by atoms with E-state index in [9.17, 15) is 0 Å². The fraction of sp³-hybridized carbons (Fsp3) is 0.0870. The zero-order valence-electron chi connectivity index (χ0n) is 16.5. The Balaban J connectivity index is 1.68. The van der Waals surface area contributed by atoms with Crippen LogP contribution >= 0.6 is 27.5 Å². The van der Waals surface area contributed by atoms with Crippen molar-refractivity contribution in [1.82, 2.24) is 9.97 Å². The molecular weight excluding hydrogens is 462 g/mol. The Kier molecular flexibility index (Phi) is 5.97. The van der Waals surface area contributed by atoms with Gasteiger partial charge < -0.3 is 4.90 Å². The molecule has 0 spiro atoms. The van der Waals surface area contributed by atoms with Gasteiger partial charge in [0, 0.05) is 40.2 Å². The van der Waals surface area contributed by atoms with Crippen LogP contribution in [0.15, 0.2) is 76.3 Å². The van der Waals surface area contributed by atoms with Crippen LogP contribution in [-0.4, -0.2) is 30.3 Å². The van der Waals surface area contributed by atoms with Crippen LogP contribution in [0.1, 0.15) is 5.56 Å². The van der Waals surface area contributed by atoms with Crippen LogP contribution in [-0.2, 0) is 0 Å². The summed E-state index contributed by atoms with van der Waals surface area (Å²) in [6.45, 7) is 0. The Hall–Kier alpha value is -2.96. The second-order valence-electron chi connectivity index (χ2n) is 6.89. The van der Waals surface area contributed by atoms with Gasteiger partial charge in [0.25, 0.3) is 0 Å². The number of nitrogens with one attached hydrogen (secondary N) is 1. The number of fused-ring (bicyclic) bond motifs is 1. The Morgan fingerprint density at radius 3 is 2.50 bits per heavy atom. The molecule has 30 heavy (non-hydrogen) atoms. The van der Waals surface area contributed by atoms with Gasteiger partial charge in [0.15, 0.2) is 0 Å². The first kappa shape index (κ1) is 20.3.